The van der Waals surface area contributed by atoms with Gasteiger partial charge in [0, 0.05) is 0 Å². The van der Waals surface area contributed by atoms with Gasteiger partial charge in [-0.1, -0.05) is 25.1 Å². The van der Waals surface area contributed by atoms with E-state index in [2.05, 4.69) is 12.2 Å². The molecule has 0 unspecified atom stereocenters. The molecule has 1 amide bonds. The average Bonchev–Trinajstić information content (AvgIpc) is 2.62. The van der Waals surface area contributed by atoms with Crippen LogP contribution in [0.3, 0.4) is 0 Å². The smallest absolute Gasteiger partial charge is 0.261 e. The molecule has 4 heteroatoms. The first-order chi connectivity index (χ1) is 11.9. The molecule has 0 aliphatic carbocycles. The second-order valence-electron chi connectivity index (χ2n) is 6.26. The van der Waals surface area contributed by atoms with Crippen LogP contribution in [0.4, 0.5) is 0 Å². The van der Waals surface area contributed by atoms with E-state index in [1.807, 2.05) is 63.2 Å². The Kier molecular flexibility index (Phi) is 6.45. The number of carbonyl (C=O) groups is 1. The van der Waals surface area contributed by atoms with Crippen LogP contribution in [-0.2, 0) is 4.79 Å². The van der Waals surface area contributed by atoms with Gasteiger partial charge >= 0.3 is 0 Å². The lowest BCUT2D eigenvalue weighted by Crippen LogP contribution is -2.39. The molecule has 0 bridgehead atoms. The zero-order valence-electron chi connectivity index (χ0n) is 15.6. The van der Waals surface area contributed by atoms with Crippen molar-refractivity contribution >= 4 is 5.91 Å². The molecule has 0 saturated heterocycles. The van der Waals surface area contributed by atoms with Gasteiger partial charge in [0.2, 0.25) is 0 Å². The molecule has 0 heterocycles. The Morgan fingerprint density at radius 3 is 2.24 bits per heavy atom. The van der Waals surface area contributed by atoms with Crippen molar-refractivity contribution in [3.05, 3.63) is 59.2 Å². The molecule has 0 saturated carbocycles. The van der Waals surface area contributed by atoms with Crippen LogP contribution in [0.15, 0.2) is 42.5 Å². The van der Waals surface area contributed by atoms with Crippen LogP contribution < -0.4 is 14.8 Å². The Morgan fingerprint density at radius 1 is 1.04 bits per heavy atom. The van der Waals surface area contributed by atoms with Gasteiger partial charge in [0.05, 0.1) is 13.2 Å². The number of hydrogen-bond donors (Lipinski definition) is 1. The minimum Gasteiger partial charge on any atom is -0.497 e. The van der Waals surface area contributed by atoms with E-state index in [0.717, 1.165) is 22.6 Å². The fourth-order valence-electron chi connectivity index (χ4n) is 2.56. The molecule has 2 rings (SSSR count). The quantitative estimate of drug-likeness (QED) is 0.814. The first-order valence-corrected chi connectivity index (χ1v) is 8.62. The van der Waals surface area contributed by atoms with Crippen molar-refractivity contribution in [1.29, 1.82) is 0 Å². The highest BCUT2D eigenvalue weighted by atomic mass is 16.5. The highest BCUT2D eigenvalue weighted by Gasteiger charge is 2.21. The summed E-state index contributed by atoms with van der Waals surface area (Å²) in [6, 6.07) is 13.5. The minimum atomic E-state index is -0.511. The highest BCUT2D eigenvalue weighted by molar-refractivity contribution is 5.81. The number of ether oxygens (including phenoxy) is 2. The van der Waals surface area contributed by atoms with Crippen molar-refractivity contribution in [3.8, 4) is 11.5 Å². The van der Waals surface area contributed by atoms with E-state index in [-0.39, 0.29) is 11.9 Å². The van der Waals surface area contributed by atoms with E-state index in [4.69, 9.17) is 9.47 Å². The Balaban J connectivity index is 2.01. The highest BCUT2D eigenvalue weighted by Crippen LogP contribution is 2.20. The second-order valence-corrected chi connectivity index (χ2v) is 6.26. The molecule has 0 spiro atoms. The summed E-state index contributed by atoms with van der Waals surface area (Å²) >= 11 is 0. The number of methoxy groups -OCH3 is 1. The molecule has 0 radical (unpaired) electrons. The zero-order valence-corrected chi connectivity index (χ0v) is 15.6. The van der Waals surface area contributed by atoms with E-state index >= 15 is 0 Å². The number of nitrogens with one attached hydrogen (secondary N) is 1. The summed E-state index contributed by atoms with van der Waals surface area (Å²) in [6.07, 6.45) is 0.0940. The van der Waals surface area contributed by atoms with E-state index in [1.54, 1.807) is 7.11 Å². The van der Waals surface area contributed by atoms with Crippen LogP contribution in [0.5, 0.6) is 11.5 Å². The molecule has 134 valence electrons. The molecule has 4 nitrogen and oxygen atoms in total. The Labute approximate surface area is 150 Å². The zero-order chi connectivity index (χ0) is 18.4. The molecule has 2 aromatic carbocycles. The van der Waals surface area contributed by atoms with E-state index in [1.165, 1.54) is 5.56 Å². The summed E-state index contributed by atoms with van der Waals surface area (Å²) in [5.41, 5.74) is 3.38. The first-order valence-electron chi connectivity index (χ1n) is 8.62. The number of carbonyl (C=O) groups excluding carboxylic acids is 1. The summed E-state index contributed by atoms with van der Waals surface area (Å²) in [4.78, 5) is 12.6. The summed E-state index contributed by atoms with van der Waals surface area (Å²) in [7, 11) is 1.64. The molecule has 25 heavy (non-hydrogen) atoms. The minimum absolute atomic E-state index is 0.101. The fourth-order valence-corrected chi connectivity index (χ4v) is 2.56. The van der Waals surface area contributed by atoms with Crippen LogP contribution >= 0.6 is 0 Å². The molecule has 1 N–H and O–H groups in total. The maximum absolute atomic E-state index is 12.6. The first kappa shape index (κ1) is 18.8. The predicted octanol–water partition coefficient (Wildman–Crippen LogP) is 4.35. The Morgan fingerprint density at radius 2 is 1.68 bits per heavy atom. The number of rotatable bonds is 7. The number of amides is 1. The number of benzene rings is 2. The van der Waals surface area contributed by atoms with Crippen molar-refractivity contribution in [3.63, 3.8) is 0 Å². The van der Waals surface area contributed by atoms with Crippen molar-refractivity contribution < 1.29 is 14.3 Å². The van der Waals surface area contributed by atoms with Gasteiger partial charge in [-0.05, 0) is 68.1 Å². The molecule has 0 aliphatic heterocycles. The van der Waals surface area contributed by atoms with Gasteiger partial charge in [0.15, 0.2) is 6.10 Å². The molecule has 0 fully saturated rings. The summed E-state index contributed by atoms with van der Waals surface area (Å²) in [6.45, 7) is 8.00. The van der Waals surface area contributed by atoms with Gasteiger partial charge in [0.1, 0.15) is 11.5 Å². The Bertz CT molecular complexity index is 710. The number of aryl methyl sites for hydroxylation is 2. The van der Waals surface area contributed by atoms with Gasteiger partial charge in [-0.2, -0.15) is 0 Å². The van der Waals surface area contributed by atoms with Crippen LogP contribution in [0.2, 0.25) is 0 Å². The summed E-state index contributed by atoms with van der Waals surface area (Å²) in [5, 5.41) is 3.03. The fraction of sp³-hybridized carbons (Fsp3) is 0.381. The van der Waals surface area contributed by atoms with Crippen LogP contribution in [0, 0.1) is 13.8 Å². The van der Waals surface area contributed by atoms with Crippen LogP contribution in [-0.4, -0.2) is 19.1 Å². The third-order valence-corrected chi connectivity index (χ3v) is 4.39. The Hall–Kier alpha value is -2.49. The van der Waals surface area contributed by atoms with Crippen molar-refractivity contribution in [1.82, 2.24) is 5.32 Å². The molecule has 2 aromatic rings. The maximum Gasteiger partial charge on any atom is 0.261 e. The lowest BCUT2D eigenvalue weighted by molar-refractivity contribution is -0.128. The van der Waals surface area contributed by atoms with E-state index in [0.29, 0.717) is 6.42 Å². The van der Waals surface area contributed by atoms with Gasteiger partial charge in [-0.3, -0.25) is 4.79 Å². The largest absolute Gasteiger partial charge is 0.497 e. The van der Waals surface area contributed by atoms with Gasteiger partial charge in [-0.25, -0.2) is 0 Å². The topological polar surface area (TPSA) is 47.6 Å². The molecule has 0 aliphatic rings. The van der Waals surface area contributed by atoms with E-state index < -0.39 is 6.10 Å². The third-order valence-electron chi connectivity index (χ3n) is 4.39. The lowest BCUT2D eigenvalue weighted by atomic mass is 10.1. The second kappa shape index (κ2) is 8.56. The van der Waals surface area contributed by atoms with Gasteiger partial charge < -0.3 is 14.8 Å². The standard InChI is InChI=1S/C21H27NO3/c1-6-20(25-19-10-7-14(2)15(3)13-19)21(23)22-16(4)17-8-11-18(24-5)12-9-17/h7-13,16,20H,6H2,1-5H3,(H,22,23)/t16-,20+/m0/s1. The molecular formula is C21H27NO3. The predicted molar refractivity (Wildman–Crippen MR) is 100 cm³/mol. The van der Waals surface area contributed by atoms with Crippen LogP contribution in [0.25, 0.3) is 0 Å². The average molecular weight is 341 g/mol. The van der Waals surface area contributed by atoms with Crippen LogP contribution in [0.1, 0.15) is 43.0 Å². The number of hydrogen-bond acceptors (Lipinski definition) is 3. The van der Waals surface area contributed by atoms with Crippen molar-refractivity contribution in [2.24, 2.45) is 0 Å². The molecular weight excluding hydrogens is 314 g/mol. The monoisotopic (exact) mass is 341 g/mol. The van der Waals surface area contributed by atoms with Gasteiger partial charge in [-0.15, -0.1) is 0 Å². The third kappa shape index (κ3) is 4.99. The normalized spacial score (nSPS) is 13.0. The van der Waals surface area contributed by atoms with Crippen molar-refractivity contribution in [2.45, 2.75) is 46.3 Å². The molecule has 2 atom stereocenters. The van der Waals surface area contributed by atoms with E-state index in [9.17, 15) is 4.79 Å². The summed E-state index contributed by atoms with van der Waals surface area (Å²) < 4.78 is 11.1. The lowest BCUT2D eigenvalue weighted by Gasteiger charge is -2.21. The van der Waals surface area contributed by atoms with Crippen molar-refractivity contribution in [2.75, 3.05) is 7.11 Å². The maximum atomic E-state index is 12.6. The summed E-state index contributed by atoms with van der Waals surface area (Å²) in [5.74, 6) is 1.41. The van der Waals surface area contributed by atoms with Gasteiger partial charge in [0.25, 0.3) is 5.91 Å². The SMILES string of the molecule is CC[C@@H](Oc1ccc(C)c(C)c1)C(=O)N[C@@H](C)c1ccc(OC)cc1. The molecule has 0 aromatic heterocycles.